The normalized spacial score (nSPS) is 10.7. The van der Waals surface area contributed by atoms with Gasteiger partial charge in [-0.2, -0.15) is 0 Å². The zero-order valence-corrected chi connectivity index (χ0v) is 6.91. The van der Waals surface area contributed by atoms with Crippen molar-refractivity contribution < 1.29 is 0 Å². The van der Waals surface area contributed by atoms with Crippen molar-refractivity contribution >= 4 is 11.9 Å². The maximum absolute atomic E-state index is 4.18. The minimum Gasteiger partial charge on any atom is -0.353 e. The molecule has 0 aliphatic carbocycles. The van der Waals surface area contributed by atoms with Crippen LogP contribution < -0.4 is 0 Å². The lowest BCUT2D eigenvalue weighted by atomic mass is 10.4. The standard InChI is InChI=1S/C9H12N2/c1-4-6-10-9-5-7-11(3)8(9)2/h4-7H,1H2,2-3H3. The molecule has 0 unspecified atom stereocenters. The molecule has 11 heavy (non-hydrogen) atoms. The summed E-state index contributed by atoms with van der Waals surface area (Å²) in [5.41, 5.74) is 2.18. The fourth-order valence-corrected chi connectivity index (χ4v) is 0.865. The second kappa shape index (κ2) is 3.19. The van der Waals surface area contributed by atoms with E-state index in [0.29, 0.717) is 0 Å². The third kappa shape index (κ3) is 1.58. The Morgan fingerprint density at radius 3 is 2.82 bits per heavy atom. The highest BCUT2D eigenvalue weighted by atomic mass is 15.0. The molecule has 1 heterocycles. The first kappa shape index (κ1) is 7.79. The molecule has 0 fully saturated rings. The first-order chi connectivity index (χ1) is 5.25. The molecule has 0 saturated carbocycles. The van der Waals surface area contributed by atoms with Crippen LogP contribution >= 0.6 is 0 Å². The molecule has 0 saturated heterocycles. The average Bonchev–Trinajstić information content (AvgIpc) is 2.31. The molecule has 2 heteroatoms. The molecule has 1 aromatic heterocycles. The Bertz CT molecular complexity index is 282. The lowest BCUT2D eigenvalue weighted by molar-refractivity contribution is 0.882. The fraction of sp³-hybridized carbons (Fsp3) is 0.222. The zero-order valence-electron chi connectivity index (χ0n) is 6.91. The molecular weight excluding hydrogens is 136 g/mol. The topological polar surface area (TPSA) is 17.3 Å². The molecule has 1 aromatic rings. The van der Waals surface area contributed by atoms with Crippen LogP contribution in [0.4, 0.5) is 5.69 Å². The van der Waals surface area contributed by atoms with Crippen LogP contribution in [-0.2, 0) is 7.05 Å². The van der Waals surface area contributed by atoms with Gasteiger partial charge in [0.1, 0.15) is 0 Å². The van der Waals surface area contributed by atoms with Crippen molar-refractivity contribution in [2.24, 2.45) is 12.0 Å². The summed E-state index contributed by atoms with van der Waals surface area (Å²) in [6.45, 7) is 5.59. The molecule has 0 aromatic carbocycles. The van der Waals surface area contributed by atoms with Crippen LogP contribution in [-0.4, -0.2) is 10.8 Å². The van der Waals surface area contributed by atoms with Gasteiger partial charge in [0.2, 0.25) is 0 Å². The Labute approximate surface area is 66.9 Å². The van der Waals surface area contributed by atoms with E-state index < -0.39 is 0 Å². The SMILES string of the molecule is C=CC=Nc1ccn(C)c1C. The number of allylic oxidation sites excluding steroid dienone is 1. The summed E-state index contributed by atoms with van der Waals surface area (Å²) in [5.74, 6) is 0. The van der Waals surface area contributed by atoms with Crippen molar-refractivity contribution in [1.29, 1.82) is 0 Å². The summed E-state index contributed by atoms with van der Waals surface area (Å²) < 4.78 is 2.04. The Morgan fingerprint density at radius 1 is 1.64 bits per heavy atom. The van der Waals surface area contributed by atoms with Gasteiger partial charge < -0.3 is 4.57 Å². The second-order valence-corrected chi connectivity index (χ2v) is 2.41. The highest BCUT2D eigenvalue weighted by molar-refractivity contribution is 5.74. The molecule has 58 valence electrons. The van der Waals surface area contributed by atoms with Gasteiger partial charge in [0.25, 0.3) is 0 Å². The number of hydrogen-bond acceptors (Lipinski definition) is 1. The number of hydrogen-bond donors (Lipinski definition) is 0. The lowest BCUT2D eigenvalue weighted by Crippen LogP contribution is -1.86. The minimum absolute atomic E-state index is 1.01. The van der Waals surface area contributed by atoms with Gasteiger partial charge in [-0.25, -0.2) is 0 Å². The van der Waals surface area contributed by atoms with E-state index in [1.54, 1.807) is 12.3 Å². The largest absolute Gasteiger partial charge is 0.353 e. The molecule has 0 aliphatic heterocycles. The van der Waals surface area contributed by atoms with E-state index in [1.807, 2.05) is 30.8 Å². The number of aromatic nitrogens is 1. The quantitative estimate of drug-likeness (QED) is 0.572. The Kier molecular flexibility index (Phi) is 2.26. The van der Waals surface area contributed by atoms with Crippen LogP contribution in [0.1, 0.15) is 5.69 Å². The lowest BCUT2D eigenvalue weighted by Gasteiger charge is -1.94. The Hall–Kier alpha value is -1.31. The van der Waals surface area contributed by atoms with Gasteiger partial charge in [-0.05, 0) is 13.0 Å². The van der Waals surface area contributed by atoms with Crippen LogP contribution in [0.2, 0.25) is 0 Å². The molecule has 0 aliphatic rings. The highest BCUT2D eigenvalue weighted by Crippen LogP contribution is 2.17. The van der Waals surface area contributed by atoms with Crippen molar-refractivity contribution in [2.45, 2.75) is 6.92 Å². The average molecular weight is 148 g/mol. The maximum atomic E-state index is 4.18. The summed E-state index contributed by atoms with van der Waals surface area (Å²) in [4.78, 5) is 4.18. The van der Waals surface area contributed by atoms with E-state index >= 15 is 0 Å². The van der Waals surface area contributed by atoms with E-state index in [-0.39, 0.29) is 0 Å². The molecule has 0 bridgehead atoms. The van der Waals surface area contributed by atoms with Crippen molar-refractivity contribution in [3.05, 3.63) is 30.6 Å². The first-order valence-electron chi connectivity index (χ1n) is 3.52. The molecule has 0 atom stereocenters. The third-order valence-electron chi connectivity index (χ3n) is 1.67. The number of aliphatic imine (C=N–C) groups is 1. The van der Waals surface area contributed by atoms with Gasteiger partial charge >= 0.3 is 0 Å². The monoisotopic (exact) mass is 148 g/mol. The maximum Gasteiger partial charge on any atom is 0.0835 e. The van der Waals surface area contributed by atoms with Crippen molar-refractivity contribution in [3.8, 4) is 0 Å². The van der Waals surface area contributed by atoms with Crippen LogP contribution in [0.25, 0.3) is 0 Å². The van der Waals surface area contributed by atoms with Crippen LogP contribution in [0.5, 0.6) is 0 Å². The predicted octanol–water partition coefficient (Wildman–Crippen LogP) is 2.22. The summed E-state index contributed by atoms with van der Waals surface area (Å²) in [6, 6.07) is 1.98. The van der Waals surface area contributed by atoms with Crippen molar-refractivity contribution in [2.75, 3.05) is 0 Å². The zero-order chi connectivity index (χ0) is 8.27. The molecular formula is C9H12N2. The molecule has 1 rings (SSSR count). The minimum atomic E-state index is 1.01. The van der Waals surface area contributed by atoms with Gasteiger partial charge in [-0.15, -0.1) is 0 Å². The van der Waals surface area contributed by atoms with E-state index in [0.717, 1.165) is 5.69 Å². The van der Waals surface area contributed by atoms with E-state index in [9.17, 15) is 0 Å². The summed E-state index contributed by atoms with van der Waals surface area (Å²) in [6.07, 6.45) is 5.36. The summed E-state index contributed by atoms with van der Waals surface area (Å²) in [5, 5.41) is 0. The summed E-state index contributed by atoms with van der Waals surface area (Å²) in [7, 11) is 2.00. The van der Waals surface area contributed by atoms with Gasteiger partial charge in [0.15, 0.2) is 0 Å². The number of rotatable bonds is 2. The smallest absolute Gasteiger partial charge is 0.0835 e. The molecule has 0 amide bonds. The van der Waals surface area contributed by atoms with Gasteiger partial charge in [0.05, 0.1) is 5.69 Å². The van der Waals surface area contributed by atoms with Gasteiger partial charge in [-0.3, -0.25) is 4.99 Å². The van der Waals surface area contributed by atoms with E-state index in [2.05, 4.69) is 11.6 Å². The molecule has 2 nitrogen and oxygen atoms in total. The van der Waals surface area contributed by atoms with Crippen LogP contribution in [0.15, 0.2) is 29.9 Å². The van der Waals surface area contributed by atoms with Gasteiger partial charge in [0, 0.05) is 25.2 Å². The Balaban J connectivity index is 2.95. The van der Waals surface area contributed by atoms with Crippen LogP contribution in [0.3, 0.4) is 0 Å². The van der Waals surface area contributed by atoms with Gasteiger partial charge in [-0.1, -0.05) is 12.7 Å². The van der Waals surface area contributed by atoms with Crippen molar-refractivity contribution in [1.82, 2.24) is 4.57 Å². The molecule has 0 radical (unpaired) electrons. The summed E-state index contributed by atoms with van der Waals surface area (Å²) >= 11 is 0. The molecule has 0 N–H and O–H groups in total. The van der Waals surface area contributed by atoms with Crippen molar-refractivity contribution in [3.63, 3.8) is 0 Å². The van der Waals surface area contributed by atoms with Crippen LogP contribution in [0, 0.1) is 6.92 Å². The Morgan fingerprint density at radius 2 is 2.36 bits per heavy atom. The molecule has 0 spiro atoms. The fourth-order valence-electron chi connectivity index (χ4n) is 0.865. The van der Waals surface area contributed by atoms with E-state index in [4.69, 9.17) is 0 Å². The number of nitrogens with zero attached hydrogens (tertiary/aromatic N) is 2. The third-order valence-corrected chi connectivity index (χ3v) is 1.67. The predicted molar refractivity (Wildman–Crippen MR) is 48.5 cm³/mol. The number of aryl methyl sites for hydroxylation is 1. The highest BCUT2D eigenvalue weighted by Gasteiger charge is 1.96. The second-order valence-electron chi connectivity index (χ2n) is 2.41. The first-order valence-corrected chi connectivity index (χ1v) is 3.52. The van der Waals surface area contributed by atoms with E-state index in [1.165, 1.54) is 5.69 Å².